The van der Waals surface area contributed by atoms with Crippen LogP contribution in [-0.2, 0) is 0 Å². The Morgan fingerprint density at radius 2 is 2.00 bits per heavy atom. The third-order valence-corrected chi connectivity index (χ3v) is 4.15. The monoisotopic (exact) mass is 261 g/mol. The largest absolute Gasteiger partial charge is 0.312 e. The van der Waals surface area contributed by atoms with Gasteiger partial charge in [-0.2, -0.15) is 0 Å². The highest BCUT2D eigenvalue weighted by molar-refractivity contribution is 5.19. The van der Waals surface area contributed by atoms with Crippen LogP contribution in [0.1, 0.15) is 24.9 Å². The van der Waals surface area contributed by atoms with Gasteiger partial charge in [-0.15, -0.1) is 0 Å². The molecule has 1 aliphatic heterocycles. The third kappa shape index (κ3) is 4.03. The highest BCUT2D eigenvalue weighted by Crippen LogP contribution is 2.17. The average Bonchev–Trinajstić information content (AvgIpc) is 2.58. The lowest BCUT2D eigenvalue weighted by molar-refractivity contribution is 0.185. The van der Waals surface area contributed by atoms with Crippen LogP contribution in [0.3, 0.4) is 0 Å². The van der Waals surface area contributed by atoms with Gasteiger partial charge in [0.05, 0.1) is 0 Å². The van der Waals surface area contributed by atoms with Gasteiger partial charge in [0.1, 0.15) is 0 Å². The quantitative estimate of drug-likeness (QED) is 0.894. The molecule has 1 aromatic rings. The Bertz CT molecular complexity index is 366. The van der Waals surface area contributed by atoms with Crippen LogP contribution < -0.4 is 5.32 Å². The zero-order valence-electron chi connectivity index (χ0n) is 12.5. The van der Waals surface area contributed by atoms with Crippen molar-refractivity contribution in [1.82, 2.24) is 15.1 Å². The first-order chi connectivity index (χ1) is 9.20. The summed E-state index contributed by atoms with van der Waals surface area (Å²) < 4.78 is 0. The number of benzene rings is 1. The maximum Gasteiger partial charge on any atom is 0.0446 e. The van der Waals surface area contributed by atoms with Crippen molar-refractivity contribution >= 4 is 0 Å². The fraction of sp³-hybridized carbons (Fsp3) is 0.625. The van der Waals surface area contributed by atoms with Gasteiger partial charge < -0.3 is 10.2 Å². The number of likely N-dealkylation sites (N-methyl/N-ethyl adjacent to an activating group) is 2. The number of nitrogens with one attached hydrogen (secondary N) is 1. The van der Waals surface area contributed by atoms with E-state index in [0.29, 0.717) is 12.1 Å². The predicted octanol–water partition coefficient (Wildman–Crippen LogP) is 1.97. The van der Waals surface area contributed by atoms with Gasteiger partial charge in [-0.1, -0.05) is 30.3 Å². The summed E-state index contributed by atoms with van der Waals surface area (Å²) in [5.74, 6) is 0. The molecular weight excluding hydrogens is 234 g/mol. The predicted molar refractivity (Wildman–Crippen MR) is 81.4 cm³/mol. The van der Waals surface area contributed by atoms with E-state index in [0.717, 1.165) is 6.54 Å². The summed E-state index contributed by atoms with van der Waals surface area (Å²) in [6.07, 6.45) is 1.27. The van der Waals surface area contributed by atoms with Crippen molar-refractivity contribution in [2.45, 2.75) is 25.4 Å². The van der Waals surface area contributed by atoms with E-state index in [1.807, 2.05) is 0 Å². The van der Waals surface area contributed by atoms with Crippen LogP contribution >= 0.6 is 0 Å². The summed E-state index contributed by atoms with van der Waals surface area (Å²) in [5, 5.41) is 3.46. The molecule has 106 valence electrons. The molecular formula is C16H27N3. The molecule has 1 saturated heterocycles. The van der Waals surface area contributed by atoms with Crippen molar-refractivity contribution < 1.29 is 0 Å². The summed E-state index contributed by atoms with van der Waals surface area (Å²) in [7, 11) is 4.29. The summed E-state index contributed by atoms with van der Waals surface area (Å²) in [5.41, 5.74) is 1.38. The van der Waals surface area contributed by atoms with Crippen LogP contribution in [0.15, 0.2) is 30.3 Å². The van der Waals surface area contributed by atoms with Crippen molar-refractivity contribution in [3.63, 3.8) is 0 Å². The minimum absolute atomic E-state index is 0.423. The molecule has 1 N–H and O–H groups in total. The maximum atomic E-state index is 3.46. The van der Waals surface area contributed by atoms with Gasteiger partial charge >= 0.3 is 0 Å². The van der Waals surface area contributed by atoms with E-state index in [1.54, 1.807) is 0 Å². The summed E-state index contributed by atoms with van der Waals surface area (Å²) in [4.78, 5) is 5.07. The topological polar surface area (TPSA) is 18.5 Å². The van der Waals surface area contributed by atoms with Crippen molar-refractivity contribution in [2.75, 3.05) is 40.3 Å². The smallest absolute Gasteiger partial charge is 0.0446 e. The Balaban J connectivity index is 2.01. The van der Waals surface area contributed by atoms with Crippen molar-refractivity contribution in [1.29, 1.82) is 0 Å². The molecule has 1 heterocycles. The lowest BCUT2D eigenvalue weighted by Crippen LogP contribution is -2.42. The van der Waals surface area contributed by atoms with Crippen molar-refractivity contribution in [3.8, 4) is 0 Å². The van der Waals surface area contributed by atoms with E-state index in [4.69, 9.17) is 0 Å². The lowest BCUT2D eigenvalue weighted by Gasteiger charge is -2.31. The Hall–Kier alpha value is -0.900. The first kappa shape index (κ1) is 14.5. The minimum atomic E-state index is 0.423. The van der Waals surface area contributed by atoms with Crippen LogP contribution in [0.25, 0.3) is 0 Å². The molecule has 3 nitrogen and oxygen atoms in total. The molecule has 0 saturated carbocycles. The molecule has 0 spiro atoms. The van der Waals surface area contributed by atoms with E-state index in [-0.39, 0.29) is 0 Å². The standard InChI is InChI=1S/C16H27N3/c1-14-12-18(3)10-7-11-19(14)13-16(17-2)15-8-5-4-6-9-15/h4-6,8-9,14,16-17H,7,10-13H2,1-3H3. The van der Waals surface area contributed by atoms with Crippen molar-refractivity contribution in [2.24, 2.45) is 0 Å². The van der Waals surface area contributed by atoms with Gasteiger partial charge in [0, 0.05) is 25.2 Å². The molecule has 3 heteroatoms. The van der Waals surface area contributed by atoms with E-state index in [2.05, 4.69) is 66.5 Å². The molecule has 1 aliphatic rings. The molecule has 0 radical (unpaired) electrons. The average molecular weight is 261 g/mol. The summed E-state index contributed by atoms with van der Waals surface area (Å²) in [6.45, 7) is 7.03. The zero-order chi connectivity index (χ0) is 13.7. The maximum absolute atomic E-state index is 3.46. The van der Waals surface area contributed by atoms with Gasteiger partial charge in [0.15, 0.2) is 0 Å². The summed E-state index contributed by atoms with van der Waals surface area (Å²) >= 11 is 0. The first-order valence-electron chi connectivity index (χ1n) is 7.35. The van der Waals surface area contributed by atoms with Crippen LogP contribution in [0.4, 0.5) is 0 Å². The van der Waals surface area contributed by atoms with Crippen molar-refractivity contribution in [3.05, 3.63) is 35.9 Å². The van der Waals surface area contributed by atoms with Gasteiger partial charge in [0.25, 0.3) is 0 Å². The SMILES string of the molecule is CNC(CN1CCCN(C)CC1C)c1ccccc1. The first-order valence-corrected chi connectivity index (χ1v) is 7.35. The van der Waals surface area contributed by atoms with E-state index in [9.17, 15) is 0 Å². The molecule has 0 aliphatic carbocycles. The third-order valence-electron chi connectivity index (χ3n) is 4.15. The fourth-order valence-corrected chi connectivity index (χ4v) is 2.98. The van der Waals surface area contributed by atoms with Crippen LogP contribution in [0.5, 0.6) is 0 Å². The summed E-state index contributed by atoms with van der Waals surface area (Å²) in [6, 6.07) is 11.8. The van der Waals surface area contributed by atoms with Crippen LogP contribution in [-0.4, -0.2) is 56.1 Å². The lowest BCUT2D eigenvalue weighted by atomic mass is 10.1. The zero-order valence-corrected chi connectivity index (χ0v) is 12.5. The highest BCUT2D eigenvalue weighted by Gasteiger charge is 2.22. The second-order valence-electron chi connectivity index (χ2n) is 5.71. The van der Waals surface area contributed by atoms with Crippen LogP contribution in [0, 0.1) is 0 Å². The van der Waals surface area contributed by atoms with Crippen LogP contribution in [0.2, 0.25) is 0 Å². The van der Waals surface area contributed by atoms with E-state index >= 15 is 0 Å². The molecule has 0 aromatic heterocycles. The Morgan fingerprint density at radius 3 is 2.68 bits per heavy atom. The van der Waals surface area contributed by atoms with Gasteiger partial charge in [0.2, 0.25) is 0 Å². The van der Waals surface area contributed by atoms with Gasteiger partial charge in [-0.3, -0.25) is 4.90 Å². The second-order valence-corrected chi connectivity index (χ2v) is 5.71. The van der Waals surface area contributed by atoms with Gasteiger partial charge in [-0.05, 0) is 46.1 Å². The second kappa shape index (κ2) is 7.04. The van der Waals surface area contributed by atoms with E-state index < -0.39 is 0 Å². The molecule has 0 bridgehead atoms. The Kier molecular flexibility index (Phi) is 5.37. The molecule has 2 unspecified atom stereocenters. The molecule has 19 heavy (non-hydrogen) atoms. The molecule has 0 amide bonds. The minimum Gasteiger partial charge on any atom is -0.312 e. The number of rotatable bonds is 4. The number of hydrogen-bond donors (Lipinski definition) is 1. The number of hydrogen-bond acceptors (Lipinski definition) is 3. The Morgan fingerprint density at radius 1 is 1.26 bits per heavy atom. The molecule has 1 aromatic carbocycles. The Labute approximate surface area is 117 Å². The fourth-order valence-electron chi connectivity index (χ4n) is 2.98. The normalized spacial score (nSPS) is 24.1. The molecule has 2 atom stereocenters. The number of nitrogens with zero attached hydrogens (tertiary/aromatic N) is 2. The molecule has 2 rings (SSSR count). The van der Waals surface area contributed by atoms with E-state index in [1.165, 1.54) is 31.6 Å². The molecule has 1 fully saturated rings. The van der Waals surface area contributed by atoms with Gasteiger partial charge in [-0.25, -0.2) is 0 Å². The highest BCUT2D eigenvalue weighted by atomic mass is 15.2.